The zero-order valence-corrected chi connectivity index (χ0v) is 11.6. The third kappa shape index (κ3) is 2.79. The Bertz CT molecular complexity index is 566. The molecule has 3 heterocycles. The van der Waals surface area contributed by atoms with Crippen LogP contribution in [0.15, 0.2) is 28.5 Å². The van der Waals surface area contributed by atoms with E-state index in [4.69, 9.17) is 5.73 Å². The second kappa shape index (κ2) is 5.71. The molecule has 0 spiro atoms. The van der Waals surface area contributed by atoms with E-state index in [0.29, 0.717) is 6.54 Å². The molecule has 1 aliphatic rings. The van der Waals surface area contributed by atoms with Crippen molar-refractivity contribution in [3.05, 3.63) is 29.7 Å². The average molecular weight is 275 g/mol. The Kier molecular flexibility index (Phi) is 3.79. The highest BCUT2D eigenvalue weighted by Gasteiger charge is 2.15. The van der Waals surface area contributed by atoms with Crippen LogP contribution in [0.4, 0.5) is 0 Å². The lowest BCUT2D eigenvalue weighted by Gasteiger charge is -2.06. The van der Waals surface area contributed by atoms with Crippen LogP contribution < -0.4 is 5.73 Å². The highest BCUT2D eigenvalue weighted by molar-refractivity contribution is 7.99. The van der Waals surface area contributed by atoms with Gasteiger partial charge in [0.2, 0.25) is 0 Å². The fourth-order valence-electron chi connectivity index (χ4n) is 2.26. The van der Waals surface area contributed by atoms with Crippen LogP contribution in [0.1, 0.15) is 30.7 Å². The van der Waals surface area contributed by atoms with E-state index < -0.39 is 0 Å². The summed E-state index contributed by atoms with van der Waals surface area (Å²) < 4.78 is 2.23. The minimum Gasteiger partial charge on any atom is -0.326 e. The highest BCUT2D eigenvalue weighted by Crippen LogP contribution is 2.27. The summed E-state index contributed by atoms with van der Waals surface area (Å²) in [7, 11) is 0. The highest BCUT2D eigenvalue weighted by atomic mass is 32.2. The normalized spacial score (nSPS) is 15.0. The Labute approximate surface area is 116 Å². The molecule has 5 nitrogen and oxygen atoms in total. The maximum Gasteiger partial charge on any atom is 0.197 e. The van der Waals surface area contributed by atoms with Crippen LogP contribution >= 0.6 is 11.8 Å². The van der Waals surface area contributed by atoms with Gasteiger partial charge in [-0.1, -0.05) is 6.42 Å². The zero-order chi connectivity index (χ0) is 13.1. The van der Waals surface area contributed by atoms with Crippen molar-refractivity contribution in [3.8, 4) is 0 Å². The first-order valence-electron chi connectivity index (χ1n) is 6.62. The smallest absolute Gasteiger partial charge is 0.197 e. The van der Waals surface area contributed by atoms with Gasteiger partial charge in [-0.15, -0.1) is 10.2 Å². The molecule has 0 radical (unpaired) electrons. The lowest BCUT2D eigenvalue weighted by Crippen LogP contribution is -2.02. The topological polar surface area (TPSA) is 69.6 Å². The number of aryl methyl sites for hydroxylation is 1. The second-order valence-corrected chi connectivity index (χ2v) is 5.66. The third-order valence-electron chi connectivity index (χ3n) is 3.31. The second-order valence-electron chi connectivity index (χ2n) is 4.67. The van der Waals surface area contributed by atoms with E-state index in [9.17, 15) is 0 Å². The molecule has 2 aromatic rings. The van der Waals surface area contributed by atoms with Crippen molar-refractivity contribution < 1.29 is 0 Å². The summed E-state index contributed by atoms with van der Waals surface area (Å²) in [5.74, 6) is 1.11. The van der Waals surface area contributed by atoms with Crippen LogP contribution in [-0.2, 0) is 19.5 Å². The van der Waals surface area contributed by atoms with E-state index in [1.54, 1.807) is 18.0 Å². The summed E-state index contributed by atoms with van der Waals surface area (Å²) in [6, 6.07) is 3.96. The monoisotopic (exact) mass is 275 g/mol. The third-order valence-corrected chi connectivity index (χ3v) is 4.22. The van der Waals surface area contributed by atoms with Crippen LogP contribution in [-0.4, -0.2) is 19.7 Å². The Morgan fingerprint density at radius 2 is 2.21 bits per heavy atom. The minimum absolute atomic E-state index is 0.536. The predicted octanol–water partition coefficient (Wildman–Crippen LogP) is 2.01. The van der Waals surface area contributed by atoms with Gasteiger partial charge in [-0.2, -0.15) is 0 Å². The number of hydrogen-bond acceptors (Lipinski definition) is 5. The summed E-state index contributed by atoms with van der Waals surface area (Å²) in [5.41, 5.74) is 6.74. The molecule has 19 heavy (non-hydrogen) atoms. The van der Waals surface area contributed by atoms with Gasteiger partial charge in [0.05, 0.1) is 0 Å². The molecule has 0 bridgehead atoms. The van der Waals surface area contributed by atoms with Crippen molar-refractivity contribution >= 4 is 11.8 Å². The fourth-order valence-corrected chi connectivity index (χ4v) is 3.16. The van der Waals surface area contributed by atoms with Gasteiger partial charge in [-0.3, -0.25) is 0 Å². The SMILES string of the molecule is NCc1ccnc(Sc2nnc3n2CCCCC3)c1. The molecule has 3 rings (SSSR count). The van der Waals surface area contributed by atoms with E-state index in [2.05, 4.69) is 19.7 Å². The number of pyridine rings is 1. The molecule has 1 aliphatic heterocycles. The van der Waals surface area contributed by atoms with E-state index >= 15 is 0 Å². The van der Waals surface area contributed by atoms with Crippen molar-refractivity contribution in [3.63, 3.8) is 0 Å². The number of rotatable bonds is 3. The Morgan fingerprint density at radius 3 is 3.11 bits per heavy atom. The van der Waals surface area contributed by atoms with Crippen LogP contribution in [0, 0.1) is 0 Å². The van der Waals surface area contributed by atoms with Gasteiger partial charge in [0, 0.05) is 25.7 Å². The van der Waals surface area contributed by atoms with Crippen molar-refractivity contribution in [2.75, 3.05) is 0 Å². The predicted molar refractivity (Wildman–Crippen MR) is 73.8 cm³/mol. The largest absolute Gasteiger partial charge is 0.326 e. The lowest BCUT2D eigenvalue weighted by atomic mass is 10.2. The van der Waals surface area contributed by atoms with Gasteiger partial charge in [-0.25, -0.2) is 4.98 Å². The summed E-state index contributed by atoms with van der Waals surface area (Å²) in [6.07, 6.45) is 6.51. The van der Waals surface area contributed by atoms with Crippen molar-refractivity contribution in [1.82, 2.24) is 19.7 Å². The molecule has 2 N–H and O–H groups in total. The van der Waals surface area contributed by atoms with Gasteiger partial charge < -0.3 is 10.3 Å². The van der Waals surface area contributed by atoms with Crippen LogP contribution in [0.3, 0.4) is 0 Å². The average Bonchev–Trinajstić information content (AvgIpc) is 2.68. The van der Waals surface area contributed by atoms with Gasteiger partial charge in [0.25, 0.3) is 0 Å². The lowest BCUT2D eigenvalue weighted by molar-refractivity contribution is 0.590. The van der Waals surface area contributed by atoms with Gasteiger partial charge in [-0.05, 0) is 42.3 Å². The number of hydrogen-bond donors (Lipinski definition) is 1. The number of nitrogens with two attached hydrogens (primary N) is 1. The molecule has 0 saturated carbocycles. The summed E-state index contributed by atoms with van der Waals surface area (Å²) in [5, 5.41) is 10.5. The van der Waals surface area contributed by atoms with E-state index in [-0.39, 0.29) is 0 Å². The number of nitrogens with zero attached hydrogens (tertiary/aromatic N) is 4. The molecular weight excluding hydrogens is 258 g/mol. The standard InChI is InChI=1S/C13H17N5S/c14-9-10-5-6-15-12(8-10)19-13-17-16-11-4-2-1-3-7-18(11)13/h5-6,8H,1-4,7,9,14H2. The number of aromatic nitrogens is 4. The molecule has 100 valence electrons. The molecule has 0 aromatic carbocycles. The first kappa shape index (κ1) is 12.6. The van der Waals surface area contributed by atoms with Gasteiger partial charge in [0.1, 0.15) is 10.9 Å². The fraction of sp³-hybridized carbons (Fsp3) is 0.462. The van der Waals surface area contributed by atoms with Crippen molar-refractivity contribution in [2.24, 2.45) is 5.73 Å². The maximum absolute atomic E-state index is 5.65. The first-order chi connectivity index (χ1) is 9.36. The van der Waals surface area contributed by atoms with Crippen LogP contribution in [0.2, 0.25) is 0 Å². The van der Waals surface area contributed by atoms with Gasteiger partial charge >= 0.3 is 0 Å². The molecule has 0 amide bonds. The molecule has 0 atom stereocenters. The summed E-state index contributed by atoms with van der Waals surface area (Å²) in [4.78, 5) is 4.36. The molecule has 0 fully saturated rings. The van der Waals surface area contributed by atoms with E-state index in [1.165, 1.54) is 19.3 Å². The molecule has 0 unspecified atom stereocenters. The van der Waals surface area contributed by atoms with Crippen molar-refractivity contribution in [1.29, 1.82) is 0 Å². The van der Waals surface area contributed by atoms with E-state index in [0.717, 1.165) is 34.5 Å². The van der Waals surface area contributed by atoms with Crippen LogP contribution in [0.25, 0.3) is 0 Å². The summed E-state index contributed by atoms with van der Waals surface area (Å²) in [6.45, 7) is 1.55. The Morgan fingerprint density at radius 1 is 1.26 bits per heavy atom. The first-order valence-corrected chi connectivity index (χ1v) is 7.43. The minimum atomic E-state index is 0.536. The molecular formula is C13H17N5S. The quantitative estimate of drug-likeness (QED) is 0.928. The van der Waals surface area contributed by atoms with Crippen LogP contribution in [0.5, 0.6) is 0 Å². The molecule has 2 aromatic heterocycles. The number of fused-ring (bicyclic) bond motifs is 1. The molecule has 0 saturated heterocycles. The zero-order valence-electron chi connectivity index (χ0n) is 10.7. The Balaban J connectivity index is 1.84. The molecule has 6 heteroatoms. The maximum atomic E-state index is 5.65. The Hall–Kier alpha value is -1.40. The summed E-state index contributed by atoms with van der Waals surface area (Å²) >= 11 is 1.57. The van der Waals surface area contributed by atoms with E-state index in [1.807, 2.05) is 12.1 Å². The molecule has 0 aliphatic carbocycles. The van der Waals surface area contributed by atoms with Gasteiger partial charge in [0.15, 0.2) is 5.16 Å². The van der Waals surface area contributed by atoms with Crippen molar-refractivity contribution in [2.45, 2.75) is 49.0 Å².